The Morgan fingerprint density at radius 2 is 2.18 bits per heavy atom. The summed E-state index contributed by atoms with van der Waals surface area (Å²) in [6, 6.07) is 3.92. The molecule has 2 aromatic heterocycles. The third kappa shape index (κ3) is 5.00. The van der Waals surface area contributed by atoms with Crippen LogP contribution < -0.4 is 16.0 Å². The first-order valence-electron chi connectivity index (χ1n) is 7.24. The van der Waals surface area contributed by atoms with E-state index in [0.717, 1.165) is 0 Å². The minimum Gasteiger partial charge on any atom is -0.367 e. The van der Waals surface area contributed by atoms with Gasteiger partial charge in [0, 0.05) is 30.4 Å². The number of nitrogens with zero attached hydrogens (tertiary/aromatic N) is 2. The molecule has 3 N–H and O–H groups in total. The van der Waals surface area contributed by atoms with Gasteiger partial charge in [-0.05, 0) is 17.4 Å². The van der Waals surface area contributed by atoms with Crippen LogP contribution in [0, 0.1) is 5.92 Å². The van der Waals surface area contributed by atoms with Gasteiger partial charge in [-0.3, -0.25) is 4.98 Å². The highest BCUT2D eigenvalue weighted by molar-refractivity contribution is 7.10. The number of carbonyl (C=O) groups excluding carboxylic acids is 1. The Kier molecular flexibility index (Phi) is 6.14. The number of urea groups is 1. The monoisotopic (exact) mass is 319 g/mol. The lowest BCUT2D eigenvalue weighted by molar-refractivity contribution is 0.234. The molecule has 0 aromatic carbocycles. The molecule has 0 aliphatic rings. The molecule has 118 valence electrons. The van der Waals surface area contributed by atoms with Crippen molar-refractivity contribution in [3.63, 3.8) is 0 Å². The second-order valence-electron chi connectivity index (χ2n) is 5.15. The van der Waals surface area contributed by atoms with Gasteiger partial charge in [-0.25, -0.2) is 9.78 Å². The third-order valence-corrected chi connectivity index (χ3v) is 4.04. The van der Waals surface area contributed by atoms with Crippen molar-refractivity contribution >= 4 is 23.2 Å². The van der Waals surface area contributed by atoms with Crippen LogP contribution in [0.25, 0.3) is 0 Å². The number of carbonyl (C=O) groups is 1. The van der Waals surface area contributed by atoms with Crippen molar-refractivity contribution < 1.29 is 4.79 Å². The van der Waals surface area contributed by atoms with Crippen LogP contribution in [0.5, 0.6) is 0 Å². The number of anilines is 1. The van der Waals surface area contributed by atoms with E-state index in [4.69, 9.17) is 0 Å². The Morgan fingerprint density at radius 1 is 1.32 bits per heavy atom. The maximum absolute atomic E-state index is 12.0. The normalized spacial score (nSPS) is 12.0. The van der Waals surface area contributed by atoms with E-state index in [0.29, 0.717) is 24.8 Å². The summed E-state index contributed by atoms with van der Waals surface area (Å²) in [7, 11) is 0. The van der Waals surface area contributed by atoms with Gasteiger partial charge in [-0.2, -0.15) is 0 Å². The van der Waals surface area contributed by atoms with Crippen LogP contribution >= 0.6 is 11.3 Å². The van der Waals surface area contributed by atoms with Crippen LogP contribution in [0.2, 0.25) is 0 Å². The number of thiophene rings is 1. The topological polar surface area (TPSA) is 78.9 Å². The van der Waals surface area contributed by atoms with Crippen LogP contribution in [0.4, 0.5) is 10.6 Å². The molecule has 0 spiro atoms. The van der Waals surface area contributed by atoms with Crippen molar-refractivity contribution in [1.29, 1.82) is 0 Å². The molecule has 0 radical (unpaired) electrons. The molecule has 2 rings (SSSR count). The molecule has 2 heterocycles. The van der Waals surface area contributed by atoms with Crippen LogP contribution in [0.15, 0.2) is 36.1 Å². The molecule has 0 fully saturated rings. The number of nitrogens with one attached hydrogen (secondary N) is 3. The highest BCUT2D eigenvalue weighted by atomic mass is 32.1. The van der Waals surface area contributed by atoms with E-state index < -0.39 is 0 Å². The second kappa shape index (κ2) is 8.33. The van der Waals surface area contributed by atoms with E-state index in [1.807, 2.05) is 17.5 Å². The molecule has 6 nitrogen and oxygen atoms in total. The molecule has 22 heavy (non-hydrogen) atoms. The van der Waals surface area contributed by atoms with Crippen molar-refractivity contribution in [3.05, 3.63) is 41.0 Å². The van der Waals surface area contributed by atoms with Gasteiger partial charge in [0.15, 0.2) is 0 Å². The lowest BCUT2D eigenvalue weighted by atomic mass is 10.0. The molecule has 0 aliphatic carbocycles. The minimum absolute atomic E-state index is 0.0351. The molecule has 2 amide bonds. The Balaban J connectivity index is 1.73. The lowest BCUT2D eigenvalue weighted by Gasteiger charge is -2.21. The van der Waals surface area contributed by atoms with Crippen molar-refractivity contribution in [2.24, 2.45) is 5.92 Å². The smallest absolute Gasteiger partial charge is 0.315 e. The van der Waals surface area contributed by atoms with Gasteiger partial charge in [0.05, 0.1) is 12.2 Å². The van der Waals surface area contributed by atoms with Crippen LogP contribution in [0.3, 0.4) is 0 Å². The number of amides is 2. The second-order valence-corrected chi connectivity index (χ2v) is 6.13. The zero-order chi connectivity index (χ0) is 15.8. The highest BCUT2D eigenvalue weighted by Gasteiger charge is 2.18. The summed E-state index contributed by atoms with van der Waals surface area (Å²) in [5, 5.41) is 11.0. The Bertz CT molecular complexity index is 559. The molecule has 2 aromatic rings. The fourth-order valence-electron chi connectivity index (χ4n) is 1.98. The predicted molar refractivity (Wildman–Crippen MR) is 89.0 cm³/mol. The fourth-order valence-corrected chi connectivity index (χ4v) is 2.93. The summed E-state index contributed by atoms with van der Waals surface area (Å²) < 4.78 is 0. The van der Waals surface area contributed by atoms with Gasteiger partial charge in [0.1, 0.15) is 5.82 Å². The zero-order valence-electron chi connectivity index (χ0n) is 12.7. The van der Waals surface area contributed by atoms with E-state index in [-0.39, 0.29) is 12.1 Å². The number of hydrogen-bond donors (Lipinski definition) is 3. The quantitative estimate of drug-likeness (QED) is 0.686. The SMILES string of the molecule is CC(C)[C@@H](NC(=O)NCCNc1cnccn1)c1cccs1. The van der Waals surface area contributed by atoms with Crippen LogP contribution in [-0.2, 0) is 0 Å². The van der Waals surface area contributed by atoms with Gasteiger partial charge in [-0.1, -0.05) is 19.9 Å². The maximum Gasteiger partial charge on any atom is 0.315 e. The zero-order valence-corrected chi connectivity index (χ0v) is 13.6. The molecular formula is C15H21N5OS. The van der Waals surface area contributed by atoms with Gasteiger partial charge < -0.3 is 16.0 Å². The molecule has 0 saturated heterocycles. The third-order valence-electron chi connectivity index (χ3n) is 3.08. The molecule has 0 aliphatic heterocycles. The Morgan fingerprint density at radius 3 is 2.82 bits per heavy atom. The first-order chi connectivity index (χ1) is 10.7. The number of aromatic nitrogens is 2. The molecular weight excluding hydrogens is 298 g/mol. The van der Waals surface area contributed by atoms with Gasteiger partial charge in [0.2, 0.25) is 0 Å². The van der Waals surface area contributed by atoms with E-state index in [1.165, 1.54) is 4.88 Å². The van der Waals surface area contributed by atoms with Crippen LogP contribution in [0.1, 0.15) is 24.8 Å². The van der Waals surface area contributed by atoms with Crippen molar-refractivity contribution in [3.8, 4) is 0 Å². The van der Waals surface area contributed by atoms with E-state index in [1.54, 1.807) is 29.9 Å². The molecule has 0 unspecified atom stereocenters. The molecule has 0 bridgehead atoms. The predicted octanol–water partition coefficient (Wildman–Crippen LogP) is 2.65. The average molecular weight is 319 g/mol. The van der Waals surface area contributed by atoms with E-state index in [9.17, 15) is 4.79 Å². The van der Waals surface area contributed by atoms with E-state index in [2.05, 4.69) is 39.8 Å². The molecule has 0 saturated carbocycles. The first kappa shape index (κ1) is 16.2. The van der Waals surface area contributed by atoms with Crippen molar-refractivity contribution in [1.82, 2.24) is 20.6 Å². The molecule has 1 atom stereocenters. The molecule has 7 heteroatoms. The van der Waals surface area contributed by atoms with Gasteiger partial charge in [-0.15, -0.1) is 11.3 Å². The summed E-state index contributed by atoms with van der Waals surface area (Å²) >= 11 is 1.66. The maximum atomic E-state index is 12.0. The Labute approximate surface area is 134 Å². The largest absolute Gasteiger partial charge is 0.367 e. The first-order valence-corrected chi connectivity index (χ1v) is 8.12. The van der Waals surface area contributed by atoms with Crippen molar-refractivity contribution in [2.75, 3.05) is 18.4 Å². The van der Waals surface area contributed by atoms with Gasteiger partial charge in [0.25, 0.3) is 0 Å². The summed E-state index contributed by atoms with van der Waals surface area (Å²) in [4.78, 5) is 21.2. The van der Waals surface area contributed by atoms with Gasteiger partial charge >= 0.3 is 6.03 Å². The number of rotatable bonds is 7. The summed E-state index contributed by atoms with van der Waals surface area (Å²) in [5.74, 6) is 1.03. The lowest BCUT2D eigenvalue weighted by Crippen LogP contribution is -2.41. The standard InChI is InChI=1S/C15H21N5OS/c1-11(2)14(12-4-3-9-22-12)20-15(21)19-8-7-18-13-10-16-5-6-17-13/h3-6,9-11,14H,7-8H2,1-2H3,(H,17,18)(H2,19,20,21)/t14-/m1/s1. The average Bonchev–Trinajstić information content (AvgIpc) is 3.04. The summed E-state index contributed by atoms with van der Waals surface area (Å²) in [6.45, 7) is 5.30. The highest BCUT2D eigenvalue weighted by Crippen LogP contribution is 2.25. The minimum atomic E-state index is -0.159. The van der Waals surface area contributed by atoms with Crippen LogP contribution in [-0.4, -0.2) is 29.1 Å². The summed E-state index contributed by atoms with van der Waals surface area (Å²) in [5.41, 5.74) is 0. The van der Waals surface area contributed by atoms with E-state index >= 15 is 0 Å². The fraction of sp³-hybridized carbons (Fsp3) is 0.400. The van der Waals surface area contributed by atoms with Crippen molar-refractivity contribution in [2.45, 2.75) is 19.9 Å². The number of hydrogen-bond acceptors (Lipinski definition) is 5. The summed E-state index contributed by atoms with van der Waals surface area (Å²) in [6.07, 6.45) is 4.88. The Hall–Kier alpha value is -2.15.